The van der Waals surface area contributed by atoms with E-state index in [1.807, 2.05) is 31.6 Å². The minimum atomic E-state index is -0.471. The minimum absolute atomic E-state index is 0.0805. The van der Waals surface area contributed by atoms with Crippen LogP contribution in [0.2, 0.25) is 0 Å². The number of hydrogen-bond donors (Lipinski definition) is 1. The standard InChI is InChI=1S/C14H23N3O2/c1-13(2,3)17-8-9-10(16-17)7-15-11(9)12(18)19-14(4,5)6/h8,11,15H,7H2,1-6H3. The lowest BCUT2D eigenvalue weighted by molar-refractivity contribution is -0.157. The summed E-state index contributed by atoms with van der Waals surface area (Å²) in [7, 11) is 0. The Bertz CT molecular complexity index is 492. The SMILES string of the molecule is CC(C)(C)OC(=O)C1NCc2nn(C(C)(C)C)cc21. The largest absolute Gasteiger partial charge is 0.459 e. The first kappa shape index (κ1) is 14.1. The van der Waals surface area contributed by atoms with Crippen LogP contribution >= 0.6 is 0 Å². The van der Waals surface area contributed by atoms with E-state index in [0.717, 1.165) is 11.3 Å². The fourth-order valence-corrected chi connectivity index (χ4v) is 2.02. The van der Waals surface area contributed by atoms with Gasteiger partial charge in [0.25, 0.3) is 0 Å². The zero-order valence-corrected chi connectivity index (χ0v) is 12.6. The van der Waals surface area contributed by atoms with Crippen molar-refractivity contribution in [3.63, 3.8) is 0 Å². The Morgan fingerprint density at radius 2 is 2.00 bits per heavy atom. The first-order valence-electron chi connectivity index (χ1n) is 6.63. The van der Waals surface area contributed by atoms with Crippen LogP contribution in [0.5, 0.6) is 0 Å². The molecule has 5 heteroatoms. The first-order chi connectivity index (χ1) is 8.58. The van der Waals surface area contributed by atoms with E-state index >= 15 is 0 Å². The molecule has 0 bridgehead atoms. The average Bonchev–Trinajstić information content (AvgIpc) is 2.69. The Labute approximate surface area is 114 Å². The molecule has 0 spiro atoms. The summed E-state index contributed by atoms with van der Waals surface area (Å²) in [4.78, 5) is 12.2. The summed E-state index contributed by atoms with van der Waals surface area (Å²) in [5.74, 6) is -0.236. The Morgan fingerprint density at radius 1 is 1.37 bits per heavy atom. The van der Waals surface area contributed by atoms with Crippen molar-refractivity contribution in [2.24, 2.45) is 0 Å². The number of esters is 1. The molecular weight excluding hydrogens is 242 g/mol. The van der Waals surface area contributed by atoms with E-state index in [1.54, 1.807) is 0 Å². The maximum Gasteiger partial charge on any atom is 0.328 e. The summed E-state index contributed by atoms with van der Waals surface area (Å²) in [5.41, 5.74) is 1.32. The number of nitrogens with zero attached hydrogens (tertiary/aromatic N) is 2. The predicted molar refractivity (Wildman–Crippen MR) is 72.6 cm³/mol. The van der Waals surface area contributed by atoms with Gasteiger partial charge < -0.3 is 4.74 Å². The summed E-state index contributed by atoms with van der Waals surface area (Å²) in [6.07, 6.45) is 1.95. The van der Waals surface area contributed by atoms with Gasteiger partial charge in [0, 0.05) is 18.3 Å². The highest BCUT2D eigenvalue weighted by molar-refractivity contribution is 5.79. The van der Waals surface area contributed by atoms with Crippen molar-refractivity contribution < 1.29 is 9.53 Å². The molecule has 0 saturated heterocycles. The number of nitrogens with one attached hydrogen (secondary N) is 1. The van der Waals surface area contributed by atoms with Gasteiger partial charge in [-0.15, -0.1) is 0 Å². The number of aromatic nitrogens is 2. The molecule has 1 aromatic heterocycles. The molecule has 1 aromatic rings. The molecule has 1 aliphatic rings. The minimum Gasteiger partial charge on any atom is -0.459 e. The number of ether oxygens (including phenoxy) is 1. The molecular formula is C14H23N3O2. The van der Waals surface area contributed by atoms with E-state index in [1.165, 1.54) is 0 Å². The second-order valence-electron chi connectivity index (χ2n) is 6.99. The molecule has 0 radical (unpaired) electrons. The molecule has 2 rings (SSSR count). The van der Waals surface area contributed by atoms with E-state index in [4.69, 9.17) is 4.74 Å². The summed E-state index contributed by atoms with van der Waals surface area (Å²) in [6, 6.07) is -0.398. The lowest BCUT2D eigenvalue weighted by Gasteiger charge is -2.23. The Balaban J connectivity index is 2.22. The number of hydrogen-bond acceptors (Lipinski definition) is 4. The normalized spacial score (nSPS) is 19.4. The van der Waals surface area contributed by atoms with Crippen LogP contribution < -0.4 is 5.32 Å². The maximum atomic E-state index is 12.2. The lowest BCUT2D eigenvalue weighted by atomic mass is 10.1. The zero-order chi connectivity index (χ0) is 14.4. The Kier molecular flexibility index (Phi) is 3.21. The quantitative estimate of drug-likeness (QED) is 0.790. The smallest absolute Gasteiger partial charge is 0.328 e. The summed E-state index contributed by atoms with van der Waals surface area (Å²) >= 11 is 0. The molecule has 106 valence electrons. The van der Waals surface area contributed by atoms with Crippen LogP contribution in [0.15, 0.2) is 6.20 Å². The lowest BCUT2D eigenvalue weighted by Crippen LogP contribution is -2.32. The van der Waals surface area contributed by atoms with E-state index in [0.29, 0.717) is 6.54 Å². The number of fused-ring (bicyclic) bond motifs is 1. The third-order valence-corrected chi connectivity index (χ3v) is 2.94. The van der Waals surface area contributed by atoms with Crippen molar-refractivity contribution in [2.75, 3.05) is 0 Å². The van der Waals surface area contributed by atoms with E-state index in [9.17, 15) is 4.79 Å². The second-order valence-corrected chi connectivity index (χ2v) is 6.99. The third-order valence-electron chi connectivity index (χ3n) is 2.94. The van der Waals surface area contributed by atoms with Crippen LogP contribution in [0.3, 0.4) is 0 Å². The average molecular weight is 265 g/mol. The van der Waals surface area contributed by atoms with Gasteiger partial charge in [-0.05, 0) is 41.5 Å². The molecule has 1 unspecified atom stereocenters. The number of carbonyl (C=O) groups is 1. The van der Waals surface area contributed by atoms with Crippen molar-refractivity contribution in [3.05, 3.63) is 17.5 Å². The van der Waals surface area contributed by atoms with Gasteiger partial charge in [-0.25, -0.2) is 4.79 Å². The summed E-state index contributed by atoms with van der Waals surface area (Å²) in [6.45, 7) is 12.5. The zero-order valence-electron chi connectivity index (χ0n) is 12.6. The Morgan fingerprint density at radius 3 is 2.53 bits per heavy atom. The monoisotopic (exact) mass is 265 g/mol. The van der Waals surface area contributed by atoms with Gasteiger partial charge in [-0.1, -0.05) is 0 Å². The van der Waals surface area contributed by atoms with Crippen LogP contribution in [0.1, 0.15) is 58.8 Å². The maximum absolute atomic E-state index is 12.2. The molecule has 5 nitrogen and oxygen atoms in total. The van der Waals surface area contributed by atoms with Gasteiger partial charge >= 0.3 is 5.97 Å². The van der Waals surface area contributed by atoms with Gasteiger partial charge in [0.1, 0.15) is 11.6 Å². The summed E-state index contributed by atoms with van der Waals surface area (Å²) < 4.78 is 7.35. The molecule has 19 heavy (non-hydrogen) atoms. The molecule has 0 fully saturated rings. The van der Waals surface area contributed by atoms with E-state index < -0.39 is 11.6 Å². The summed E-state index contributed by atoms with van der Waals surface area (Å²) in [5, 5.41) is 7.69. The van der Waals surface area contributed by atoms with Crippen molar-refractivity contribution >= 4 is 5.97 Å². The van der Waals surface area contributed by atoms with Crippen LogP contribution in [0.25, 0.3) is 0 Å². The first-order valence-corrected chi connectivity index (χ1v) is 6.63. The fourth-order valence-electron chi connectivity index (χ4n) is 2.02. The highest BCUT2D eigenvalue weighted by Gasteiger charge is 2.35. The molecule has 0 saturated carbocycles. The van der Waals surface area contributed by atoms with Crippen molar-refractivity contribution in [2.45, 2.75) is 65.3 Å². The molecule has 0 aromatic carbocycles. The molecule has 1 atom stereocenters. The van der Waals surface area contributed by atoms with Crippen molar-refractivity contribution in [3.8, 4) is 0 Å². The van der Waals surface area contributed by atoms with Gasteiger partial charge in [0.2, 0.25) is 0 Å². The van der Waals surface area contributed by atoms with Gasteiger partial charge in [0.15, 0.2) is 0 Å². The van der Waals surface area contributed by atoms with Gasteiger partial charge in [-0.2, -0.15) is 5.10 Å². The van der Waals surface area contributed by atoms with Crippen LogP contribution in [-0.2, 0) is 21.6 Å². The molecule has 1 N–H and O–H groups in total. The van der Waals surface area contributed by atoms with Crippen LogP contribution in [-0.4, -0.2) is 21.4 Å². The van der Waals surface area contributed by atoms with Crippen molar-refractivity contribution in [1.29, 1.82) is 0 Å². The Hall–Kier alpha value is -1.36. The number of rotatable bonds is 1. The molecule has 0 amide bonds. The van der Waals surface area contributed by atoms with Crippen molar-refractivity contribution in [1.82, 2.24) is 15.1 Å². The highest BCUT2D eigenvalue weighted by Crippen LogP contribution is 2.28. The predicted octanol–water partition coefficient (Wildman–Crippen LogP) is 2.12. The van der Waals surface area contributed by atoms with Gasteiger partial charge in [0.05, 0.1) is 11.2 Å². The molecule has 2 heterocycles. The fraction of sp³-hybridized carbons (Fsp3) is 0.714. The highest BCUT2D eigenvalue weighted by atomic mass is 16.6. The van der Waals surface area contributed by atoms with Crippen LogP contribution in [0, 0.1) is 0 Å². The van der Waals surface area contributed by atoms with E-state index in [2.05, 4.69) is 31.2 Å². The van der Waals surface area contributed by atoms with E-state index in [-0.39, 0.29) is 11.5 Å². The third kappa shape index (κ3) is 2.97. The molecule has 1 aliphatic heterocycles. The topological polar surface area (TPSA) is 56.1 Å². The van der Waals surface area contributed by atoms with Crippen LogP contribution in [0.4, 0.5) is 0 Å². The number of carbonyl (C=O) groups excluding carboxylic acids is 1. The molecule has 0 aliphatic carbocycles. The van der Waals surface area contributed by atoms with Gasteiger partial charge in [-0.3, -0.25) is 10.00 Å². The second kappa shape index (κ2) is 4.34.